The quantitative estimate of drug-likeness (QED) is 0.817. The zero-order valence-corrected chi connectivity index (χ0v) is 13.3. The molecular formula is C17H21N3O3. The topological polar surface area (TPSA) is 86.5 Å². The van der Waals surface area contributed by atoms with Crippen molar-refractivity contribution in [2.75, 3.05) is 13.7 Å². The van der Waals surface area contributed by atoms with E-state index >= 15 is 0 Å². The van der Waals surface area contributed by atoms with Crippen LogP contribution in [0.4, 0.5) is 0 Å². The summed E-state index contributed by atoms with van der Waals surface area (Å²) in [6.45, 7) is 2.53. The first-order valence-corrected chi connectivity index (χ1v) is 7.37. The number of nitrogens with zero attached hydrogens (tertiary/aromatic N) is 1. The molecule has 1 heterocycles. The van der Waals surface area contributed by atoms with Crippen LogP contribution in [-0.2, 0) is 11.3 Å². The summed E-state index contributed by atoms with van der Waals surface area (Å²) >= 11 is 0. The molecule has 1 amide bonds. The molecule has 0 saturated carbocycles. The molecule has 2 aromatic rings. The maximum atomic E-state index is 11.7. The van der Waals surface area contributed by atoms with Gasteiger partial charge in [0.2, 0.25) is 11.8 Å². The van der Waals surface area contributed by atoms with Crippen LogP contribution in [-0.4, -0.2) is 24.5 Å². The van der Waals surface area contributed by atoms with Crippen molar-refractivity contribution in [3.63, 3.8) is 0 Å². The third-order valence-corrected chi connectivity index (χ3v) is 3.35. The smallest absolute Gasteiger partial charge is 0.224 e. The van der Waals surface area contributed by atoms with Crippen LogP contribution in [0.1, 0.15) is 12.5 Å². The van der Waals surface area contributed by atoms with Crippen molar-refractivity contribution >= 4 is 5.91 Å². The molecule has 1 unspecified atom stereocenters. The van der Waals surface area contributed by atoms with E-state index in [1.165, 1.54) is 0 Å². The molecule has 122 valence electrons. The number of hydrogen-bond donors (Lipinski definition) is 2. The lowest BCUT2D eigenvalue weighted by Gasteiger charge is -2.11. The zero-order valence-electron chi connectivity index (χ0n) is 13.3. The minimum atomic E-state index is -0.202. The van der Waals surface area contributed by atoms with E-state index in [4.69, 9.17) is 15.2 Å². The predicted octanol–water partition coefficient (Wildman–Crippen LogP) is 2.09. The van der Waals surface area contributed by atoms with Gasteiger partial charge in [0.15, 0.2) is 0 Å². The van der Waals surface area contributed by atoms with E-state index in [0.717, 1.165) is 11.3 Å². The minimum Gasteiger partial charge on any atom is -0.497 e. The van der Waals surface area contributed by atoms with Gasteiger partial charge >= 0.3 is 0 Å². The lowest BCUT2D eigenvalue weighted by Crippen LogP contribution is -2.32. The number of carbonyl (C=O) groups is 1. The largest absolute Gasteiger partial charge is 0.497 e. The molecule has 1 aromatic heterocycles. The maximum Gasteiger partial charge on any atom is 0.224 e. The van der Waals surface area contributed by atoms with Crippen molar-refractivity contribution in [3.05, 3.63) is 48.2 Å². The predicted molar refractivity (Wildman–Crippen MR) is 87.4 cm³/mol. The Kier molecular flexibility index (Phi) is 5.94. The summed E-state index contributed by atoms with van der Waals surface area (Å²) in [5.41, 5.74) is 6.38. The maximum absolute atomic E-state index is 11.7. The Morgan fingerprint density at radius 2 is 1.96 bits per heavy atom. The van der Waals surface area contributed by atoms with Crippen LogP contribution in [0.25, 0.3) is 0 Å². The van der Waals surface area contributed by atoms with E-state index in [2.05, 4.69) is 10.3 Å². The molecule has 0 fully saturated rings. The van der Waals surface area contributed by atoms with Gasteiger partial charge in [-0.15, -0.1) is 0 Å². The summed E-state index contributed by atoms with van der Waals surface area (Å²) in [5.74, 6) is 1.62. The molecule has 2 rings (SSSR count). The van der Waals surface area contributed by atoms with Gasteiger partial charge < -0.3 is 20.5 Å². The summed E-state index contributed by atoms with van der Waals surface area (Å²) < 4.78 is 10.8. The summed E-state index contributed by atoms with van der Waals surface area (Å²) in [6, 6.07) is 10.9. The Balaban J connectivity index is 1.97. The summed E-state index contributed by atoms with van der Waals surface area (Å²) in [5, 5.41) is 2.84. The number of methoxy groups -OCH3 is 1. The van der Waals surface area contributed by atoms with Gasteiger partial charge in [0.25, 0.3) is 0 Å². The number of benzene rings is 1. The third-order valence-electron chi connectivity index (χ3n) is 3.35. The third kappa shape index (κ3) is 4.96. The van der Waals surface area contributed by atoms with E-state index in [1.54, 1.807) is 38.4 Å². The molecule has 0 aliphatic heterocycles. The second kappa shape index (κ2) is 8.14. The molecular weight excluding hydrogens is 294 g/mol. The molecule has 0 aliphatic rings. The van der Waals surface area contributed by atoms with Crippen molar-refractivity contribution < 1.29 is 14.3 Å². The molecule has 23 heavy (non-hydrogen) atoms. The summed E-state index contributed by atoms with van der Waals surface area (Å²) in [4.78, 5) is 15.9. The average molecular weight is 315 g/mol. The van der Waals surface area contributed by atoms with Crippen molar-refractivity contribution in [3.8, 4) is 17.4 Å². The van der Waals surface area contributed by atoms with E-state index < -0.39 is 0 Å². The van der Waals surface area contributed by atoms with Crippen molar-refractivity contribution in [1.29, 1.82) is 0 Å². The standard InChI is InChI=1S/C17H21N3O3/c1-12(10-18)17(21)20-11-13-7-8-19-16(9-13)23-15-5-3-14(22-2)4-6-15/h3-9,12H,10-11,18H2,1-2H3,(H,20,21). The number of amides is 1. The van der Waals surface area contributed by atoms with Gasteiger partial charge in [0.1, 0.15) is 11.5 Å². The fourth-order valence-corrected chi connectivity index (χ4v) is 1.85. The number of rotatable bonds is 7. The van der Waals surface area contributed by atoms with Gasteiger partial charge in [-0.25, -0.2) is 4.98 Å². The summed E-state index contributed by atoms with van der Waals surface area (Å²) in [6.07, 6.45) is 1.65. The second-order valence-corrected chi connectivity index (χ2v) is 5.13. The highest BCUT2D eigenvalue weighted by Crippen LogP contribution is 2.22. The Hall–Kier alpha value is -2.60. The number of nitrogens with two attached hydrogens (primary N) is 1. The first-order valence-electron chi connectivity index (χ1n) is 7.37. The Morgan fingerprint density at radius 3 is 2.61 bits per heavy atom. The number of nitrogens with one attached hydrogen (secondary N) is 1. The minimum absolute atomic E-state index is 0.0677. The molecule has 3 N–H and O–H groups in total. The van der Waals surface area contributed by atoms with Gasteiger partial charge in [-0.3, -0.25) is 4.79 Å². The fourth-order valence-electron chi connectivity index (χ4n) is 1.85. The SMILES string of the molecule is COc1ccc(Oc2cc(CNC(=O)C(C)CN)ccn2)cc1. The number of ether oxygens (including phenoxy) is 2. The number of pyridine rings is 1. The zero-order chi connectivity index (χ0) is 16.7. The van der Waals surface area contributed by atoms with Crippen LogP contribution < -0.4 is 20.5 Å². The van der Waals surface area contributed by atoms with Crippen LogP contribution in [0.2, 0.25) is 0 Å². The first-order chi connectivity index (χ1) is 11.1. The van der Waals surface area contributed by atoms with E-state index in [9.17, 15) is 4.79 Å². The first kappa shape index (κ1) is 16.8. The van der Waals surface area contributed by atoms with E-state index in [1.807, 2.05) is 18.2 Å². The van der Waals surface area contributed by atoms with Gasteiger partial charge in [-0.05, 0) is 35.9 Å². The van der Waals surface area contributed by atoms with Gasteiger partial charge in [-0.1, -0.05) is 6.92 Å². The number of carbonyl (C=O) groups excluding carboxylic acids is 1. The lowest BCUT2D eigenvalue weighted by molar-refractivity contribution is -0.124. The number of hydrogen-bond acceptors (Lipinski definition) is 5. The van der Waals surface area contributed by atoms with Crippen molar-refractivity contribution in [1.82, 2.24) is 10.3 Å². The molecule has 0 aliphatic carbocycles. The monoisotopic (exact) mass is 315 g/mol. The van der Waals surface area contributed by atoms with Crippen LogP contribution in [0.3, 0.4) is 0 Å². The normalized spacial score (nSPS) is 11.6. The highest BCUT2D eigenvalue weighted by molar-refractivity contribution is 5.78. The molecule has 0 spiro atoms. The molecule has 6 heteroatoms. The van der Waals surface area contributed by atoms with Crippen LogP contribution in [0.15, 0.2) is 42.6 Å². The molecule has 0 saturated heterocycles. The van der Waals surface area contributed by atoms with Crippen LogP contribution >= 0.6 is 0 Å². The fraction of sp³-hybridized carbons (Fsp3) is 0.294. The second-order valence-electron chi connectivity index (χ2n) is 5.13. The van der Waals surface area contributed by atoms with E-state index in [-0.39, 0.29) is 11.8 Å². The Bertz CT molecular complexity index is 644. The molecule has 1 aromatic carbocycles. The average Bonchev–Trinajstić information content (AvgIpc) is 2.60. The van der Waals surface area contributed by atoms with Gasteiger partial charge in [-0.2, -0.15) is 0 Å². The Labute approximate surface area is 135 Å². The molecule has 1 atom stereocenters. The van der Waals surface area contributed by atoms with Crippen LogP contribution in [0, 0.1) is 5.92 Å². The Morgan fingerprint density at radius 1 is 1.26 bits per heavy atom. The van der Waals surface area contributed by atoms with Gasteiger partial charge in [0.05, 0.1) is 7.11 Å². The summed E-state index contributed by atoms with van der Waals surface area (Å²) in [7, 11) is 1.61. The molecule has 6 nitrogen and oxygen atoms in total. The molecule has 0 bridgehead atoms. The van der Waals surface area contributed by atoms with Crippen molar-refractivity contribution in [2.45, 2.75) is 13.5 Å². The highest BCUT2D eigenvalue weighted by Gasteiger charge is 2.10. The van der Waals surface area contributed by atoms with E-state index in [0.29, 0.717) is 24.7 Å². The molecule has 0 radical (unpaired) electrons. The number of aromatic nitrogens is 1. The lowest BCUT2D eigenvalue weighted by atomic mass is 10.1. The highest BCUT2D eigenvalue weighted by atomic mass is 16.5. The van der Waals surface area contributed by atoms with Crippen LogP contribution in [0.5, 0.6) is 17.4 Å². The van der Waals surface area contributed by atoms with Gasteiger partial charge in [0, 0.05) is 31.3 Å². The van der Waals surface area contributed by atoms with Crippen molar-refractivity contribution in [2.24, 2.45) is 11.7 Å².